The summed E-state index contributed by atoms with van der Waals surface area (Å²) in [5.74, 6) is 0.949. The van der Waals surface area contributed by atoms with Crippen LogP contribution in [0.5, 0.6) is 0 Å². The second-order valence-electron chi connectivity index (χ2n) is 5.89. The highest BCUT2D eigenvalue weighted by atomic mass is 32.1. The van der Waals surface area contributed by atoms with Crippen molar-refractivity contribution in [3.05, 3.63) is 21.4 Å². The van der Waals surface area contributed by atoms with E-state index in [9.17, 15) is 0 Å². The van der Waals surface area contributed by atoms with Crippen LogP contribution >= 0.6 is 11.3 Å². The van der Waals surface area contributed by atoms with Gasteiger partial charge in [-0.1, -0.05) is 19.8 Å². The molecule has 0 radical (unpaired) electrons. The topological polar surface area (TPSA) is 29.3 Å². The number of nitrogens with zero attached hydrogens (tertiary/aromatic N) is 1. The van der Waals surface area contributed by atoms with Gasteiger partial charge in [-0.15, -0.1) is 11.3 Å². The minimum atomic E-state index is 0.438. The number of rotatable bonds is 5. The third kappa shape index (κ3) is 3.59. The van der Waals surface area contributed by atoms with Gasteiger partial charge in [0.1, 0.15) is 0 Å². The van der Waals surface area contributed by atoms with Gasteiger partial charge < -0.3 is 5.73 Å². The van der Waals surface area contributed by atoms with Crippen molar-refractivity contribution in [2.45, 2.75) is 52.5 Å². The molecule has 1 aliphatic rings. The van der Waals surface area contributed by atoms with E-state index in [-0.39, 0.29) is 0 Å². The molecule has 2 N–H and O–H groups in total. The van der Waals surface area contributed by atoms with E-state index in [4.69, 9.17) is 5.73 Å². The second-order valence-corrected chi connectivity index (χ2v) is 7.35. The predicted molar refractivity (Wildman–Crippen MR) is 84.8 cm³/mol. The number of piperidine rings is 1. The zero-order valence-corrected chi connectivity index (χ0v) is 13.4. The van der Waals surface area contributed by atoms with Crippen LogP contribution in [0.2, 0.25) is 0 Å². The summed E-state index contributed by atoms with van der Waals surface area (Å²) < 4.78 is 0. The van der Waals surface area contributed by atoms with Crippen LogP contribution in [0.3, 0.4) is 0 Å². The molecule has 2 heterocycles. The molecule has 2 rings (SSSR count). The highest BCUT2D eigenvalue weighted by Crippen LogP contribution is 2.33. The van der Waals surface area contributed by atoms with Crippen molar-refractivity contribution < 1.29 is 0 Å². The molecule has 1 saturated heterocycles. The molecule has 1 unspecified atom stereocenters. The monoisotopic (exact) mass is 280 g/mol. The van der Waals surface area contributed by atoms with Crippen LogP contribution < -0.4 is 5.73 Å². The molecule has 1 atom stereocenters. The molecule has 19 heavy (non-hydrogen) atoms. The van der Waals surface area contributed by atoms with Crippen molar-refractivity contribution in [3.8, 4) is 0 Å². The van der Waals surface area contributed by atoms with Gasteiger partial charge in [-0.2, -0.15) is 0 Å². The summed E-state index contributed by atoms with van der Waals surface area (Å²) in [6.07, 6.45) is 5.44. The Bertz CT molecular complexity index is 391. The van der Waals surface area contributed by atoms with Crippen molar-refractivity contribution >= 4 is 11.3 Å². The van der Waals surface area contributed by atoms with Crippen molar-refractivity contribution in [3.63, 3.8) is 0 Å². The zero-order valence-electron chi connectivity index (χ0n) is 12.6. The maximum Gasteiger partial charge on any atom is 0.0481 e. The summed E-state index contributed by atoms with van der Waals surface area (Å²) in [4.78, 5) is 5.47. The Hall–Kier alpha value is -0.380. The second kappa shape index (κ2) is 6.87. The van der Waals surface area contributed by atoms with Gasteiger partial charge in [0.2, 0.25) is 0 Å². The fourth-order valence-corrected chi connectivity index (χ4v) is 4.40. The van der Waals surface area contributed by atoms with Gasteiger partial charge >= 0.3 is 0 Å². The van der Waals surface area contributed by atoms with Gasteiger partial charge in [0.05, 0.1) is 0 Å². The number of hydrogen-bond acceptors (Lipinski definition) is 3. The number of aryl methyl sites for hydroxylation is 2. The van der Waals surface area contributed by atoms with Crippen LogP contribution in [0.15, 0.2) is 6.07 Å². The third-order valence-corrected chi connectivity index (χ3v) is 5.43. The quantitative estimate of drug-likeness (QED) is 0.887. The number of nitrogens with two attached hydrogens (primary N) is 1. The van der Waals surface area contributed by atoms with E-state index in [1.54, 1.807) is 0 Å². The van der Waals surface area contributed by atoms with E-state index in [0.29, 0.717) is 6.04 Å². The van der Waals surface area contributed by atoms with E-state index in [1.807, 2.05) is 11.3 Å². The molecule has 2 nitrogen and oxygen atoms in total. The van der Waals surface area contributed by atoms with Gasteiger partial charge in [-0.25, -0.2) is 0 Å². The van der Waals surface area contributed by atoms with E-state index in [2.05, 4.69) is 31.7 Å². The van der Waals surface area contributed by atoms with Crippen LogP contribution in [0.4, 0.5) is 0 Å². The van der Waals surface area contributed by atoms with Gasteiger partial charge in [0.15, 0.2) is 0 Å². The molecular weight excluding hydrogens is 252 g/mol. The van der Waals surface area contributed by atoms with E-state index in [0.717, 1.165) is 12.5 Å². The van der Waals surface area contributed by atoms with Crippen LogP contribution in [0.1, 0.15) is 54.0 Å². The first-order valence-corrected chi connectivity index (χ1v) is 8.48. The lowest BCUT2D eigenvalue weighted by molar-refractivity contribution is 0.131. The molecule has 1 aromatic rings. The normalized spacial score (nSPS) is 19.8. The molecule has 3 heteroatoms. The highest BCUT2D eigenvalue weighted by Gasteiger charge is 2.26. The van der Waals surface area contributed by atoms with Gasteiger partial charge in [0.25, 0.3) is 0 Å². The van der Waals surface area contributed by atoms with E-state index < -0.39 is 0 Å². The molecule has 108 valence electrons. The summed E-state index contributed by atoms with van der Waals surface area (Å²) in [5.41, 5.74) is 7.54. The maximum atomic E-state index is 6.07. The van der Waals surface area contributed by atoms with Crippen LogP contribution in [0.25, 0.3) is 0 Å². The molecular formula is C16H28N2S. The zero-order chi connectivity index (χ0) is 13.8. The van der Waals surface area contributed by atoms with Crippen LogP contribution in [0, 0.1) is 19.8 Å². The van der Waals surface area contributed by atoms with Gasteiger partial charge in [-0.05, 0) is 57.3 Å². The van der Waals surface area contributed by atoms with Crippen molar-refractivity contribution in [2.24, 2.45) is 11.7 Å². The Balaban J connectivity index is 2.01. The van der Waals surface area contributed by atoms with Crippen molar-refractivity contribution in [1.29, 1.82) is 0 Å². The summed E-state index contributed by atoms with van der Waals surface area (Å²) >= 11 is 1.90. The van der Waals surface area contributed by atoms with Crippen LogP contribution in [-0.4, -0.2) is 24.5 Å². The first-order chi connectivity index (χ1) is 9.15. The Kier molecular flexibility index (Phi) is 5.43. The van der Waals surface area contributed by atoms with Crippen LogP contribution in [-0.2, 0) is 0 Å². The van der Waals surface area contributed by atoms with Crippen molar-refractivity contribution in [1.82, 2.24) is 4.90 Å². The number of hydrogen-bond donors (Lipinski definition) is 1. The molecule has 0 bridgehead atoms. The number of likely N-dealkylation sites (tertiary alicyclic amines) is 1. The Morgan fingerprint density at radius 1 is 1.37 bits per heavy atom. The third-order valence-electron chi connectivity index (χ3n) is 4.45. The van der Waals surface area contributed by atoms with Crippen molar-refractivity contribution in [2.75, 3.05) is 19.6 Å². The summed E-state index contributed by atoms with van der Waals surface area (Å²) in [6.45, 7) is 9.92. The molecule has 1 fully saturated rings. The van der Waals surface area contributed by atoms with Gasteiger partial charge in [0, 0.05) is 22.3 Å². The summed E-state index contributed by atoms with van der Waals surface area (Å²) in [6, 6.07) is 2.78. The molecule has 0 saturated carbocycles. The molecule has 1 aliphatic heterocycles. The standard InChI is InChI=1S/C16H28N2S/c1-4-5-14-6-8-18(9-7-14)16(11-17)15-10-12(2)19-13(15)3/h10,14,16H,4-9,11,17H2,1-3H3. The maximum absolute atomic E-state index is 6.07. The first-order valence-electron chi connectivity index (χ1n) is 7.66. The molecule has 0 aromatic carbocycles. The molecule has 0 spiro atoms. The fourth-order valence-electron chi connectivity index (χ4n) is 3.42. The lowest BCUT2D eigenvalue weighted by Gasteiger charge is -2.37. The summed E-state index contributed by atoms with van der Waals surface area (Å²) in [7, 11) is 0. The van der Waals surface area contributed by atoms with E-state index >= 15 is 0 Å². The molecule has 0 aliphatic carbocycles. The molecule has 0 amide bonds. The van der Waals surface area contributed by atoms with Gasteiger partial charge in [-0.3, -0.25) is 4.90 Å². The minimum Gasteiger partial charge on any atom is -0.329 e. The lowest BCUT2D eigenvalue weighted by Crippen LogP contribution is -2.39. The Morgan fingerprint density at radius 2 is 2.05 bits per heavy atom. The molecule has 1 aromatic heterocycles. The van der Waals surface area contributed by atoms with E-state index in [1.165, 1.54) is 54.1 Å². The average Bonchev–Trinajstić information content (AvgIpc) is 2.72. The first kappa shape index (κ1) is 15.0. The summed E-state index contributed by atoms with van der Waals surface area (Å²) in [5, 5.41) is 0. The fraction of sp³-hybridized carbons (Fsp3) is 0.750. The predicted octanol–water partition coefficient (Wildman–Crippen LogP) is 3.88. The SMILES string of the molecule is CCCC1CCN(C(CN)c2cc(C)sc2C)CC1. The average molecular weight is 280 g/mol. The smallest absolute Gasteiger partial charge is 0.0481 e. The largest absolute Gasteiger partial charge is 0.329 e. The Labute approximate surface area is 122 Å². The Morgan fingerprint density at radius 3 is 2.53 bits per heavy atom. The highest BCUT2D eigenvalue weighted by molar-refractivity contribution is 7.12. The minimum absolute atomic E-state index is 0.438. The number of thiophene rings is 1. The lowest BCUT2D eigenvalue weighted by atomic mass is 9.91.